The molecule has 1 aliphatic carbocycles. The van der Waals surface area contributed by atoms with Crippen molar-refractivity contribution in [3.63, 3.8) is 0 Å². The Morgan fingerprint density at radius 1 is 1.50 bits per heavy atom. The van der Waals surface area contributed by atoms with E-state index in [0.717, 1.165) is 41.6 Å². The molecule has 0 aliphatic heterocycles. The molecule has 0 radical (unpaired) electrons. The van der Waals surface area contributed by atoms with E-state index < -0.39 is 0 Å². The molecule has 1 atom stereocenters. The Hall–Kier alpha value is -1.22. The van der Waals surface area contributed by atoms with Crippen LogP contribution in [0.5, 0.6) is 5.75 Å². The number of aromatic hydroxyl groups is 1. The number of nitrogen functional groups attached to an aromatic ring is 1. The summed E-state index contributed by atoms with van der Waals surface area (Å²) < 4.78 is 0. The van der Waals surface area contributed by atoms with E-state index in [4.69, 9.17) is 11.5 Å². The number of aryl methyl sites for hydroxylation is 1. The average Bonchev–Trinajstić information content (AvgIpc) is 2.14. The summed E-state index contributed by atoms with van der Waals surface area (Å²) in [7, 11) is 0. The number of benzene rings is 1. The van der Waals surface area contributed by atoms with Crippen molar-refractivity contribution in [2.24, 2.45) is 5.73 Å². The van der Waals surface area contributed by atoms with E-state index in [1.165, 1.54) is 0 Å². The van der Waals surface area contributed by atoms with E-state index in [1.807, 2.05) is 6.92 Å². The van der Waals surface area contributed by atoms with Crippen molar-refractivity contribution in [2.45, 2.75) is 32.2 Å². The Morgan fingerprint density at radius 2 is 2.21 bits per heavy atom. The molecule has 3 heteroatoms. The Morgan fingerprint density at radius 3 is 2.93 bits per heavy atom. The first-order valence-corrected chi connectivity index (χ1v) is 4.97. The maximum Gasteiger partial charge on any atom is 0.121 e. The van der Waals surface area contributed by atoms with Gasteiger partial charge in [0.25, 0.3) is 0 Å². The number of fused-ring (bicyclic) bond motifs is 1. The fourth-order valence-electron chi connectivity index (χ4n) is 2.22. The van der Waals surface area contributed by atoms with Crippen LogP contribution in [0.3, 0.4) is 0 Å². The molecule has 1 aliphatic rings. The molecular weight excluding hydrogens is 176 g/mol. The summed E-state index contributed by atoms with van der Waals surface area (Å²) in [6.07, 6.45) is 2.93. The molecule has 0 unspecified atom stereocenters. The van der Waals surface area contributed by atoms with E-state index in [0.29, 0.717) is 5.75 Å². The smallest absolute Gasteiger partial charge is 0.121 e. The maximum absolute atomic E-state index is 9.80. The van der Waals surface area contributed by atoms with Gasteiger partial charge in [-0.25, -0.2) is 0 Å². The van der Waals surface area contributed by atoms with Crippen LogP contribution < -0.4 is 11.5 Å². The highest BCUT2D eigenvalue weighted by Crippen LogP contribution is 2.39. The van der Waals surface area contributed by atoms with Gasteiger partial charge in [0, 0.05) is 17.3 Å². The van der Waals surface area contributed by atoms with Crippen LogP contribution in [0.2, 0.25) is 0 Å². The van der Waals surface area contributed by atoms with Crippen molar-refractivity contribution >= 4 is 5.69 Å². The van der Waals surface area contributed by atoms with Crippen molar-refractivity contribution in [1.82, 2.24) is 0 Å². The highest BCUT2D eigenvalue weighted by molar-refractivity contribution is 5.62. The van der Waals surface area contributed by atoms with E-state index in [-0.39, 0.29) is 6.04 Å². The summed E-state index contributed by atoms with van der Waals surface area (Å²) in [5, 5.41) is 9.80. The Labute approximate surface area is 83.7 Å². The first-order chi connectivity index (χ1) is 6.61. The molecule has 0 amide bonds. The van der Waals surface area contributed by atoms with Gasteiger partial charge >= 0.3 is 0 Å². The van der Waals surface area contributed by atoms with E-state index in [2.05, 4.69) is 0 Å². The van der Waals surface area contributed by atoms with Gasteiger partial charge in [-0.15, -0.1) is 0 Å². The molecule has 1 aromatic rings. The van der Waals surface area contributed by atoms with Gasteiger partial charge in [-0.05, 0) is 43.4 Å². The first-order valence-electron chi connectivity index (χ1n) is 4.97. The molecule has 76 valence electrons. The number of rotatable bonds is 0. The lowest BCUT2D eigenvalue weighted by molar-refractivity contribution is 0.447. The lowest BCUT2D eigenvalue weighted by atomic mass is 9.85. The maximum atomic E-state index is 9.80. The highest BCUT2D eigenvalue weighted by atomic mass is 16.3. The van der Waals surface area contributed by atoms with Crippen LogP contribution in [0.25, 0.3) is 0 Å². The van der Waals surface area contributed by atoms with Crippen molar-refractivity contribution in [2.75, 3.05) is 5.73 Å². The zero-order valence-corrected chi connectivity index (χ0v) is 8.38. The van der Waals surface area contributed by atoms with Crippen LogP contribution in [-0.4, -0.2) is 5.11 Å². The minimum atomic E-state index is -0.0540. The summed E-state index contributed by atoms with van der Waals surface area (Å²) in [4.78, 5) is 0. The normalized spacial score (nSPS) is 20.6. The number of phenolic OH excluding ortho intramolecular Hbond substituents is 1. The fourth-order valence-corrected chi connectivity index (χ4v) is 2.22. The van der Waals surface area contributed by atoms with Crippen LogP contribution >= 0.6 is 0 Å². The Balaban J connectivity index is 2.66. The summed E-state index contributed by atoms with van der Waals surface area (Å²) in [6, 6.07) is 1.65. The number of hydrogen-bond donors (Lipinski definition) is 3. The minimum absolute atomic E-state index is 0.0540. The third-order valence-electron chi connectivity index (χ3n) is 3.02. The van der Waals surface area contributed by atoms with Crippen molar-refractivity contribution < 1.29 is 5.11 Å². The second-order valence-corrected chi connectivity index (χ2v) is 4.02. The Kier molecular flexibility index (Phi) is 2.11. The molecule has 0 saturated carbocycles. The van der Waals surface area contributed by atoms with Gasteiger partial charge in [0.05, 0.1) is 0 Å². The lowest BCUT2D eigenvalue weighted by Gasteiger charge is -2.25. The number of hydrogen-bond acceptors (Lipinski definition) is 3. The molecule has 0 heterocycles. The quantitative estimate of drug-likeness (QED) is 0.432. The van der Waals surface area contributed by atoms with Crippen molar-refractivity contribution in [3.05, 3.63) is 22.8 Å². The molecule has 0 saturated heterocycles. The third kappa shape index (κ3) is 1.24. The van der Waals surface area contributed by atoms with E-state index >= 15 is 0 Å². The van der Waals surface area contributed by atoms with Crippen LogP contribution in [0.15, 0.2) is 6.07 Å². The molecule has 1 aromatic carbocycles. The van der Waals surface area contributed by atoms with Gasteiger partial charge in [0.1, 0.15) is 5.75 Å². The SMILES string of the molecule is Cc1cc(O)c2c(c1N)CCC[C@@H]2N. The number of anilines is 1. The zero-order valence-electron chi connectivity index (χ0n) is 8.38. The van der Waals surface area contributed by atoms with Gasteiger partial charge < -0.3 is 16.6 Å². The van der Waals surface area contributed by atoms with Crippen LogP contribution in [0.1, 0.15) is 35.6 Å². The van der Waals surface area contributed by atoms with Gasteiger partial charge in [0.15, 0.2) is 0 Å². The monoisotopic (exact) mass is 192 g/mol. The minimum Gasteiger partial charge on any atom is -0.508 e. The third-order valence-corrected chi connectivity index (χ3v) is 3.02. The van der Waals surface area contributed by atoms with Crippen LogP contribution in [-0.2, 0) is 6.42 Å². The van der Waals surface area contributed by atoms with Crippen molar-refractivity contribution in [3.8, 4) is 5.75 Å². The van der Waals surface area contributed by atoms with Gasteiger partial charge in [0.2, 0.25) is 0 Å². The summed E-state index contributed by atoms with van der Waals surface area (Å²) >= 11 is 0. The van der Waals surface area contributed by atoms with Gasteiger partial charge in [-0.3, -0.25) is 0 Å². The number of nitrogens with two attached hydrogens (primary N) is 2. The summed E-state index contributed by atoms with van der Waals surface area (Å²) in [5.41, 5.74) is 15.6. The summed E-state index contributed by atoms with van der Waals surface area (Å²) in [5.74, 6) is 0.305. The van der Waals surface area contributed by atoms with Crippen LogP contribution in [0, 0.1) is 6.92 Å². The first kappa shape index (κ1) is 9.34. The van der Waals surface area contributed by atoms with E-state index in [1.54, 1.807) is 6.07 Å². The lowest BCUT2D eigenvalue weighted by Crippen LogP contribution is -2.19. The summed E-state index contributed by atoms with van der Waals surface area (Å²) in [6.45, 7) is 1.91. The second kappa shape index (κ2) is 3.17. The van der Waals surface area contributed by atoms with Gasteiger partial charge in [-0.1, -0.05) is 0 Å². The fraction of sp³-hybridized carbons (Fsp3) is 0.455. The largest absolute Gasteiger partial charge is 0.508 e. The molecule has 0 bridgehead atoms. The number of phenols is 1. The Bertz CT molecular complexity index is 374. The molecule has 5 N–H and O–H groups in total. The topological polar surface area (TPSA) is 72.3 Å². The second-order valence-electron chi connectivity index (χ2n) is 4.02. The highest BCUT2D eigenvalue weighted by Gasteiger charge is 2.23. The average molecular weight is 192 g/mol. The molecule has 3 nitrogen and oxygen atoms in total. The van der Waals surface area contributed by atoms with E-state index in [9.17, 15) is 5.11 Å². The molecule has 0 aromatic heterocycles. The molecule has 14 heavy (non-hydrogen) atoms. The molecular formula is C11H16N2O. The molecule has 2 rings (SSSR count). The van der Waals surface area contributed by atoms with Crippen LogP contribution in [0.4, 0.5) is 5.69 Å². The van der Waals surface area contributed by atoms with Gasteiger partial charge in [-0.2, -0.15) is 0 Å². The predicted molar refractivity (Wildman–Crippen MR) is 57.1 cm³/mol. The predicted octanol–water partition coefficient (Wildman–Crippen LogP) is 1.62. The standard InChI is InChI=1S/C11H16N2O/c1-6-5-9(14)10-7(11(6)13)3-2-4-8(10)12/h5,8,14H,2-4,12-13H2,1H3/t8-/m0/s1. The molecule has 0 spiro atoms. The molecule has 0 fully saturated rings. The zero-order chi connectivity index (χ0) is 10.3. The van der Waals surface area contributed by atoms with Crippen molar-refractivity contribution in [1.29, 1.82) is 0 Å².